The molecule has 32 heavy (non-hydrogen) atoms. The lowest BCUT2D eigenvalue weighted by atomic mass is 10.0. The Morgan fingerprint density at radius 1 is 0.969 bits per heavy atom. The summed E-state index contributed by atoms with van der Waals surface area (Å²) in [7, 11) is 1.62. The zero-order valence-electron chi connectivity index (χ0n) is 19.8. The Kier molecular flexibility index (Phi) is 9.27. The topological polar surface area (TPSA) is 48.0 Å². The molecule has 2 aromatic carbocycles. The average molecular weight is 440 g/mol. The summed E-state index contributed by atoms with van der Waals surface area (Å²) in [6.45, 7) is 6.42. The van der Waals surface area contributed by atoms with Crippen molar-refractivity contribution in [3.63, 3.8) is 0 Å². The van der Waals surface area contributed by atoms with E-state index in [1.807, 2.05) is 29.2 Å². The van der Waals surface area contributed by atoms with E-state index < -0.39 is 0 Å². The number of unbranched alkanes of at least 4 members (excludes halogenated alkanes) is 2. The highest BCUT2D eigenvalue weighted by Crippen LogP contribution is 2.30. The van der Waals surface area contributed by atoms with Gasteiger partial charge in [0.2, 0.25) is 0 Å². The number of aryl methyl sites for hydroxylation is 1. The number of methoxy groups -OCH3 is 1. The number of benzene rings is 2. The molecular weight excluding hydrogens is 402 g/mol. The Balaban J connectivity index is 1.40. The van der Waals surface area contributed by atoms with Crippen molar-refractivity contribution in [2.24, 2.45) is 0 Å². The molecule has 0 saturated carbocycles. The van der Waals surface area contributed by atoms with Crippen LogP contribution in [0.4, 0.5) is 0 Å². The lowest BCUT2D eigenvalue weighted by Gasteiger charge is -2.33. The monoisotopic (exact) mass is 439 g/mol. The molecule has 174 valence electrons. The number of carbonyl (C=O) groups is 1. The minimum atomic E-state index is 0.0754. The Labute approximate surface area is 192 Å². The maximum absolute atomic E-state index is 12.9. The lowest BCUT2D eigenvalue weighted by Crippen LogP contribution is -2.42. The quantitative estimate of drug-likeness (QED) is 0.409. The van der Waals surface area contributed by atoms with Crippen LogP contribution in [0.2, 0.25) is 0 Å². The van der Waals surface area contributed by atoms with Gasteiger partial charge < -0.3 is 19.1 Å². The van der Waals surface area contributed by atoms with Crippen molar-refractivity contribution < 1.29 is 19.0 Å². The molecule has 0 aliphatic carbocycles. The smallest absolute Gasteiger partial charge is 0.254 e. The fourth-order valence-corrected chi connectivity index (χ4v) is 4.06. The van der Waals surface area contributed by atoms with Crippen LogP contribution < -0.4 is 14.2 Å². The molecule has 1 saturated heterocycles. The number of likely N-dealkylation sites (tertiary alicyclic amines) is 1. The maximum atomic E-state index is 12.9. The second-order valence-electron chi connectivity index (χ2n) is 8.46. The first kappa shape index (κ1) is 24.0. The van der Waals surface area contributed by atoms with E-state index in [2.05, 4.69) is 26.0 Å². The second-order valence-corrected chi connectivity index (χ2v) is 8.46. The van der Waals surface area contributed by atoms with E-state index >= 15 is 0 Å². The molecule has 1 aliphatic rings. The number of hydrogen-bond acceptors (Lipinski definition) is 4. The van der Waals surface area contributed by atoms with Gasteiger partial charge >= 0.3 is 0 Å². The fraction of sp³-hybridized carbons (Fsp3) is 0.519. The molecule has 1 heterocycles. The summed E-state index contributed by atoms with van der Waals surface area (Å²) in [5.41, 5.74) is 1.98. The van der Waals surface area contributed by atoms with Gasteiger partial charge in [-0.2, -0.15) is 0 Å². The van der Waals surface area contributed by atoms with E-state index in [0.717, 1.165) is 50.8 Å². The van der Waals surface area contributed by atoms with Crippen LogP contribution in [-0.4, -0.2) is 43.7 Å². The number of amides is 1. The predicted octanol–water partition coefficient (Wildman–Crippen LogP) is 5.90. The van der Waals surface area contributed by atoms with Crippen LogP contribution in [0.3, 0.4) is 0 Å². The van der Waals surface area contributed by atoms with E-state index in [1.54, 1.807) is 13.2 Å². The van der Waals surface area contributed by atoms with Crippen molar-refractivity contribution in [1.29, 1.82) is 0 Å². The van der Waals surface area contributed by atoms with Crippen LogP contribution in [0, 0.1) is 0 Å². The molecule has 5 nitrogen and oxygen atoms in total. The lowest BCUT2D eigenvalue weighted by molar-refractivity contribution is 0.0635. The van der Waals surface area contributed by atoms with Crippen molar-refractivity contribution in [2.45, 2.75) is 64.8 Å². The summed E-state index contributed by atoms with van der Waals surface area (Å²) >= 11 is 0. The summed E-state index contributed by atoms with van der Waals surface area (Å²) in [6, 6.07) is 14.1. The summed E-state index contributed by atoms with van der Waals surface area (Å²) in [5, 5.41) is 0. The molecule has 1 fully saturated rings. The second kappa shape index (κ2) is 12.4. The van der Waals surface area contributed by atoms with Crippen LogP contribution in [0.15, 0.2) is 42.5 Å². The van der Waals surface area contributed by atoms with E-state index in [0.29, 0.717) is 30.3 Å². The van der Waals surface area contributed by atoms with Crippen molar-refractivity contribution in [1.82, 2.24) is 4.90 Å². The van der Waals surface area contributed by atoms with E-state index in [9.17, 15) is 4.79 Å². The molecule has 1 amide bonds. The van der Waals surface area contributed by atoms with E-state index in [4.69, 9.17) is 14.2 Å². The molecule has 1 unspecified atom stereocenters. The van der Waals surface area contributed by atoms with Crippen LogP contribution in [0.5, 0.6) is 17.2 Å². The van der Waals surface area contributed by atoms with E-state index in [-0.39, 0.29) is 11.9 Å². The highest BCUT2D eigenvalue weighted by Gasteiger charge is 2.25. The molecule has 5 heteroatoms. The number of piperidine rings is 1. The Morgan fingerprint density at radius 2 is 1.72 bits per heavy atom. The number of nitrogens with zero attached hydrogens (tertiary/aromatic N) is 1. The zero-order chi connectivity index (χ0) is 22.8. The van der Waals surface area contributed by atoms with Gasteiger partial charge in [0, 0.05) is 18.2 Å². The number of rotatable bonds is 11. The fourth-order valence-electron chi connectivity index (χ4n) is 4.06. The third-order valence-corrected chi connectivity index (χ3v) is 6.12. The first-order valence-corrected chi connectivity index (χ1v) is 12.0. The summed E-state index contributed by atoms with van der Waals surface area (Å²) in [4.78, 5) is 14.9. The van der Waals surface area contributed by atoms with Crippen LogP contribution >= 0.6 is 0 Å². The van der Waals surface area contributed by atoms with Gasteiger partial charge in [0.05, 0.1) is 20.3 Å². The molecule has 0 spiro atoms. The van der Waals surface area contributed by atoms with Crippen LogP contribution in [0.1, 0.15) is 68.3 Å². The van der Waals surface area contributed by atoms with Gasteiger partial charge in [-0.25, -0.2) is 0 Å². The van der Waals surface area contributed by atoms with Crippen molar-refractivity contribution in [3.05, 3.63) is 53.6 Å². The molecule has 1 aliphatic heterocycles. The predicted molar refractivity (Wildman–Crippen MR) is 128 cm³/mol. The van der Waals surface area contributed by atoms with Gasteiger partial charge in [-0.05, 0) is 87.8 Å². The van der Waals surface area contributed by atoms with Gasteiger partial charge in [0.15, 0.2) is 11.5 Å². The van der Waals surface area contributed by atoms with Gasteiger partial charge in [0.25, 0.3) is 5.91 Å². The molecule has 0 radical (unpaired) electrons. The normalized spacial score (nSPS) is 16.0. The summed E-state index contributed by atoms with van der Waals surface area (Å²) in [6.07, 6.45) is 7.33. The van der Waals surface area contributed by atoms with Gasteiger partial charge in [-0.15, -0.1) is 0 Å². The first-order valence-electron chi connectivity index (χ1n) is 12.0. The van der Waals surface area contributed by atoms with Crippen molar-refractivity contribution >= 4 is 5.91 Å². The number of carbonyl (C=O) groups excluding carboxylic acids is 1. The molecule has 3 rings (SSSR count). The third kappa shape index (κ3) is 6.65. The van der Waals surface area contributed by atoms with Crippen molar-refractivity contribution in [3.8, 4) is 17.2 Å². The van der Waals surface area contributed by atoms with Crippen LogP contribution in [-0.2, 0) is 6.42 Å². The molecule has 1 atom stereocenters. The van der Waals surface area contributed by atoms with E-state index in [1.165, 1.54) is 12.0 Å². The minimum Gasteiger partial charge on any atom is -0.494 e. The molecule has 2 aromatic rings. The average Bonchev–Trinajstić information content (AvgIpc) is 2.83. The molecule has 0 aromatic heterocycles. The highest BCUT2D eigenvalue weighted by molar-refractivity contribution is 5.95. The largest absolute Gasteiger partial charge is 0.494 e. The number of hydrogen-bond donors (Lipinski definition) is 0. The Hall–Kier alpha value is -2.69. The van der Waals surface area contributed by atoms with Gasteiger partial charge in [-0.1, -0.05) is 19.1 Å². The first-order chi connectivity index (χ1) is 15.6. The van der Waals surface area contributed by atoms with Crippen molar-refractivity contribution in [2.75, 3.05) is 26.9 Å². The Morgan fingerprint density at radius 3 is 2.41 bits per heavy atom. The minimum absolute atomic E-state index is 0.0754. The Bertz CT molecular complexity index is 849. The highest BCUT2D eigenvalue weighted by atomic mass is 16.5. The molecule has 0 bridgehead atoms. The van der Waals surface area contributed by atoms with Crippen LogP contribution in [0.25, 0.3) is 0 Å². The maximum Gasteiger partial charge on any atom is 0.254 e. The SMILES string of the molecule is CCc1ccc(OCCCCCOc2ccc(C(=O)N3CCCCC3C)cc2OC)cc1. The third-order valence-electron chi connectivity index (χ3n) is 6.12. The van der Waals surface area contributed by atoms with Gasteiger partial charge in [0.1, 0.15) is 5.75 Å². The zero-order valence-corrected chi connectivity index (χ0v) is 19.8. The summed E-state index contributed by atoms with van der Waals surface area (Å²) < 4.78 is 17.2. The van der Waals surface area contributed by atoms with Gasteiger partial charge in [-0.3, -0.25) is 4.79 Å². The number of ether oxygens (including phenoxy) is 3. The standard InChI is InChI=1S/C27H37NO4/c1-4-22-11-14-24(15-12-22)31-18-8-5-9-19-32-25-16-13-23(20-26(25)30-3)27(29)28-17-7-6-10-21(28)2/h11-16,20-21H,4-10,17-19H2,1-3H3. The molecular formula is C27H37NO4. The molecule has 0 N–H and O–H groups in total. The summed E-state index contributed by atoms with van der Waals surface area (Å²) in [5.74, 6) is 2.30.